The van der Waals surface area contributed by atoms with Crippen LogP contribution < -0.4 is 5.32 Å². The molecule has 3 aromatic rings. The molecule has 4 rings (SSSR count). The van der Waals surface area contributed by atoms with Crippen molar-refractivity contribution in [3.05, 3.63) is 64.8 Å². The van der Waals surface area contributed by atoms with E-state index in [4.69, 9.17) is 0 Å². The van der Waals surface area contributed by atoms with Gasteiger partial charge in [0, 0.05) is 17.2 Å². The lowest BCUT2D eigenvalue weighted by atomic mass is 9.69. The van der Waals surface area contributed by atoms with Crippen LogP contribution >= 0.6 is 0 Å². The standard InChI is InChI=1S/C28H37N5O3/c1-15(2)23-21(27(36)33(32-23)28(5,6)7)22-25(34)24(26(22)35)29-19-13-12-18(14-17(19)4)30-31-20-11-9-8-10-16(20)3/h8-15,22,24-26,29,34-36H,1-7H3. The first-order valence-electron chi connectivity index (χ1n) is 12.4. The number of hydrogen-bond acceptors (Lipinski definition) is 7. The maximum Gasteiger partial charge on any atom is 0.213 e. The maximum absolute atomic E-state index is 11.1. The van der Waals surface area contributed by atoms with Gasteiger partial charge in [-0.05, 0) is 75.9 Å². The van der Waals surface area contributed by atoms with E-state index in [1.54, 1.807) is 4.68 Å². The number of aliphatic hydroxyl groups is 2. The molecule has 1 fully saturated rings. The maximum atomic E-state index is 11.1. The van der Waals surface area contributed by atoms with Crippen molar-refractivity contribution in [3.8, 4) is 5.88 Å². The Balaban J connectivity index is 1.52. The molecular formula is C28H37N5O3. The Labute approximate surface area is 212 Å². The second-order valence-corrected chi connectivity index (χ2v) is 11.0. The van der Waals surface area contributed by atoms with Crippen LogP contribution in [0, 0.1) is 13.8 Å². The highest BCUT2D eigenvalue weighted by molar-refractivity contribution is 5.59. The van der Waals surface area contributed by atoms with E-state index in [0.29, 0.717) is 11.3 Å². The zero-order valence-electron chi connectivity index (χ0n) is 22.1. The van der Waals surface area contributed by atoms with E-state index in [1.807, 2.05) is 90.9 Å². The first-order valence-corrected chi connectivity index (χ1v) is 12.4. The SMILES string of the molecule is Cc1ccccc1N=Nc1ccc(NC2C(O)C(c3c(C(C)C)nn(C(C)(C)C)c3O)C2O)c(C)c1. The Hall–Kier alpha value is -3.23. The summed E-state index contributed by atoms with van der Waals surface area (Å²) in [6, 6.07) is 12.9. The molecule has 1 saturated carbocycles. The summed E-state index contributed by atoms with van der Waals surface area (Å²) in [7, 11) is 0. The van der Waals surface area contributed by atoms with E-state index in [0.717, 1.165) is 28.2 Å². The molecule has 0 amide bonds. The number of hydrogen-bond donors (Lipinski definition) is 4. The lowest BCUT2D eigenvalue weighted by molar-refractivity contribution is -0.0672. The quantitative estimate of drug-likeness (QED) is 0.325. The molecule has 4 N–H and O–H groups in total. The molecule has 2 unspecified atom stereocenters. The summed E-state index contributed by atoms with van der Waals surface area (Å²) in [4.78, 5) is 0. The van der Waals surface area contributed by atoms with Crippen LogP contribution in [0.5, 0.6) is 5.88 Å². The molecule has 1 aliphatic carbocycles. The summed E-state index contributed by atoms with van der Waals surface area (Å²) >= 11 is 0. The topological polar surface area (TPSA) is 115 Å². The van der Waals surface area contributed by atoms with Crippen molar-refractivity contribution >= 4 is 17.1 Å². The minimum absolute atomic E-state index is 0.00676. The van der Waals surface area contributed by atoms with Gasteiger partial charge < -0.3 is 20.6 Å². The summed E-state index contributed by atoms with van der Waals surface area (Å²) in [5.74, 6) is -0.588. The predicted molar refractivity (Wildman–Crippen MR) is 142 cm³/mol. The summed E-state index contributed by atoms with van der Waals surface area (Å²) in [6.07, 6.45) is -1.78. The molecule has 0 saturated heterocycles. The number of aromatic hydroxyl groups is 1. The van der Waals surface area contributed by atoms with Crippen molar-refractivity contribution in [2.45, 2.75) is 84.1 Å². The number of aryl methyl sites for hydroxylation is 2. The zero-order chi connectivity index (χ0) is 26.4. The van der Waals surface area contributed by atoms with Crippen LogP contribution in [0.25, 0.3) is 0 Å². The lowest BCUT2D eigenvalue weighted by Crippen LogP contribution is -2.61. The van der Waals surface area contributed by atoms with E-state index >= 15 is 0 Å². The number of benzene rings is 2. The summed E-state index contributed by atoms with van der Waals surface area (Å²) in [5.41, 5.74) is 5.11. The van der Waals surface area contributed by atoms with E-state index in [-0.39, 0.29) is 11.8 Å². The summed E-state index contributed by atoms with van der Waals surface area (Å²) < 4.78 is 1.58. The van der Waals surface area contributed by atoms with Gasteiger partial charge in [0.15, 0.2) is 0 Å². The molecule has 2 atom stereocenters. The molecule has 1 aromatic heterocycles. The van der Waals surface area contributed by atoms with Crippen molar-refractivity contribution in [1.29, 1.82) is 0 Å². The van der Waals surface area contributed by atoms with E-state index in [1.165, 1.54) is 0 Å². The van der Waals surface area contributed by atoms with Gasteiger partial charge in [-0.2, -0.15) is 15.3 Å². The van der Waals surface area contributed by atoms with Gasteiger partial charge in [0.25, 0.3) is 0 Å². The average molecular weight is 492 g/mol. The van der Waals surface area contributed by atoms with E-state index in [9.17, 15) is 15.3 Å². The zero-order valence-corrected chi connectivity index (χ0v) is 22.1. The normalized spacial score (nSPS) is 22.3. The minimum Gasteiger partial charge on any atom is -0.493 e. The predicted octanol–water partition coefficient (Wildman–Crippen LogP) is 5.80. The third-order valence-electron chi connectivity index (χ3n) is 6.83. The minimum atomic E-state index is -0.888. The molecule has 8 nitrogen and oxygen atoms in total. The molecule has 0 spiro atoms. The third-order valence-corrected chi connectivity index (χ3v) is 6.83. The van der Waals surface area contributed by atoms with Gasteiger partial charge in [-0.3, -0.25) is 0 Å². The number of anilines is 1. The van der Waals surface area contributed by atoms with Crippen molar-refractivity contribution in [2.75, 3.05) is 5.32 Å². The van der Waals surface area contributed by atoms with Gasteiger partial charge >= 0.3 is 0 Å². The van der Waals surface area contributed by atoms with Gasteiger partial charge in [0.2, 0.25) is 5.88 Å². The van der Waals surface area contributed by atoms with E-state index in [2.05, 4.69) is 20.6 Å². The van der Waals surface area contributed by atoms with Gasteiger partial charge in [0.05, 0.1) is 40.9 Å². The number of aliphatic hydroxyl groups excluding tert-OH is 2. The van der Waals surface area contributed by atoms with E-state index < -0.39 is 29.7 Å². The molecule has 0 bridgehead atoms. The number of nitrogens with one attached hydrogen (secondary N) is 1. The monoisotopic (exact) mass is 491 g/mol. The van der Waals surface area contributed by atoms with Crippen molar-refractivity contribution < 1.29 is 15.3 Å². The van der Waals surface area contributed by atoms with Gasteiger partial charge in [0.1, 0.15) is 0 Å². The Morgan fingerprint density at radius 3 is 2.22 bits per heavy atom. The van der Waals surface area contributed by atoms with Crippen LogP contribution in [0.1, 0.15) is 68.8 Å². The highest BCUT2D eigenvalue weighted by Gasteiger charge is 2.53. The van der Waals surface area contributed by atoms with Crippen LogP contribution in [-0.2, 0) is 5.54 Å². The smallest absolute Gasteiger partial charge is 0.213 e. The fraction of sp³-hybridized carbons (Fsp3) is 0.464. The first-order chi connectivity index (χ1) is 16.9. The van der Waals surface area contributed by atoms with Gasteiger partial charge in [-0.15, -0.1) is 0 Å². The molecule has 1 heterocycles. The molecule has 1 aliphatic rings. The Morgan fingerprint density at radius 2 is 1.64 bits per heavy atom. The van der Waals surface area contributed by atoms with Crippen LogP contribution in [0.2, 0.25) is 0 Å². The molecule has 36 heavy (non-hydrogen) atoms. The number of azo groups is 1. The van der Waals surface area contributed by atoms with Crippen molar-refractivity contribution in [1.82, 2.24) is 9.78 Å². The molecule has 0 aliphatic heterocycles. The summed E-state index contributed by atoms with van der Waals surface area (Å²) in [5, 5.41) is 49.8. The van der Waals surface area contributed by atoms with Crippen molar-refractivity contribution in [3.63, 3.8) is 0 Å². The first kappa shape index (κ1) is 25.9. The fourth-order valence-electron chi connectivity index (χ4n) is 4.71. The molecule has 0 radical (unpaired) electrons. The Kier molecular flexibility index (Phi) is 6.94. The highest BCUT2D eigenvalue weighted by atomic mass is 16.3. The highest BCUT2D eigenvalue weighted by Crippen LogP contribution is 2.47. The second kappa shape index (κ2) is 9.67. The van der Waals surface area contributed by atoms with Crippen LogP contribution in [0.4, 0.5) is 17.1 Å². The van der Waals surface area contributed by atoms with Gasteiger partial charge in [-0.1, -0.05) is 32.0 Å². The Bertz CT molecular complexity index is 1260. The fourth-order valence-corrected chi connectivity index (χ4v) is 4.71. The summed E-state index contributed by atoms with van der Waals surface area (Å²) in [6.45, 7) is 13.8. The number of rotatable bonds is 6. The van der Waals surface area contributed by atoms with Crippen LogP contribution in [-0.4, -0.2) is 43.3 Å². The number of nitrogens with zero attached hydrogens (tertiary/aromatic N) is 4. The van der Waals surface area contributed by atoms with Crippen LogP contribution in [0.15, 0.2) is 52.7 Å². The molecule has 2 aromatic carbocycles. The van der Waals surface area contributed by atoms with Crippen molar-refractivity contribution in [2.24, 2.45) is 10.2 Å². The lowest BCUT2D eigenvalue weighted by Gasteiger charge is -2.47. The third kappa shape index (κ3) is 4.75. The molecule has 192 valence electrons. The number of aromatic nitrogens is 2. The molecular weight excluding hydrogens is 454 g/mol. The van der Waals surface area contributed by atoms with Crippen LogP contribution in [0.3, 0.4) is 0 Å². The largest absolute Gasteiger partial charge is 0.493 e. The van der Waals surface area contributed by atoms with Gasteiger partial charge in [-0.25, -0.2) is 4.68 Å². The Morgan fingerprint density at radius 1 is 0.972 bits per heavy atom. The molecule has 8 heteroatoms. The average Bonchev–Trinajstić information content (AvgIpc) is 3.15. The second-order valence-electron chi connectivity index (χ2n) is 11.0.